The molecule has 0 aromatic carbocycles. The van der Waals surface area contributed by atoms with Gasteiger partial charge in [-0.1, -0.05) is 0 Å². The van der Waals surface area contributed by atoms with Crippen LogP contribution in [0.1, 0.15) is 26.5 Å². The second-order valence-electron chi connectivity index (χ2n) is 4.57. The Bertz CT molecular complexity index is 343. The first kappa shape index (κ1) is 13.5. The standard InChI is InChI=1S/C11H20N4O2/c1-4-15(8-11(2,3)17)10(16)12-7-9-5-6-13-14-9/h5-6,17H,4,7-8H2,1-3H3,(H,12,16)(H,13,14). The molecule has 0 saturated heterocycles. The number of nitrogens with one attached hydrogen (secondary N) is 2. The largest absolute Gasteiger partial charge is 0.389 e. The van der Waals surface area contributed by atoms with E-state index in [1.54, 1.807) is 31.0 Å². The van der Waals surface area contributed by atoms with Crippen molar-refractivity contribution in [3.8, 4) is 0 Å². The minimum Gasteiger partial charge on any atom is -0.389 e. The van der Waals surface area contributed by atoms with Crippen LogP contribution in [0.5, 0.6) is 0 Å². The second-order valence-corrected chi connectivity index (χ2v) is 4.57. The maximum absolute atomic E-state index is 11.8. The molecule has 0 spiro atoms. The number of rotatable bonds is 5. The van der Waals surface area contributed by atoms with Gasteiger partial charge in [0.1, 0.15) is 0 Å². The molecule has 6 heteroatoms. The molecular weight excluding hydrogens is 220 g/mol. The maximum atomic E-state index is 11.8. The third-order valence-corrected chi connectivity index (χ3v) is 2.24. The molecule has 0 saturated carbocycles. The summed E-state index contributed by atoms with van der Waals surface area (Å²) in [6.45, 7) is 6.50. The van der Waals surface area contributed by atoms with Gasteiger partial charge in [0.15, 0.2) is 0 Å². The summed E-state index contributed by atoms with van der Waals surface area (Å²) in [5, 5.41) is 19.0. The fraction of sp³-hybridized carbons (Fsp3) is 0.636. The van der Waals surface area contributed by atoms with Crippen LogP contribution in [-0.2, 0) is 6.54 Å². The Kier molecular flexibility index (Phi) is 4.51. The highest BCUT2D eigenvalue weighted by Gasteiger charge is 2.20. The van der Waals surface area contributed by atoms with Gasteiger partial charge in [0, 0.05) is 12.7 Å². The van der Waals surface area contributed by atoms with Crippen molar-refractivity contribution < 1.29 is 9.90 Å². The van der Waals surface area contributed by atoms with Gasteiger partial charge in [0.2, 0.25) is 0 Å². The highest BCUT2D eigenvalue weighted by atomic mass is 16.3. The van der Waals surface area contributed by atoms with Crippen molar-refractivity contribution in [2.24, 2.45) is 0 Å². The lowest BCUT2D eigenvalue weighted by Gasteiger charge is -2.28. The number of nitrogens with zero attached hydrogens (tertiary/aromatic N) is 2. The number of carbonyl (C=O) groups excluding carboxylic acids is 1. The van der Waals surface area contributed by atoms with E-state index in [0.29, 0.717) is 19.6 Å². The Morgan fingerprint density at radius 1 is 1.65 bits per heavy atom. The van der Waals surface area contributed by atoms with Gasteiger partial charge < -0.3 is 15.3 Å². The van der Waals surface area contributed by atoms with Gasteiger partial charge in [-0.3, -0.25) is 5.10 Å². The quantitative estimate of drug-likeness (QED) is 0.709. The number of aromatic amines is 1. The van der Waals surface area contributed by atoms with Gasteiger partial charge in [-0.05, 0) is 26.8 Å². The van der Waals surface area contributed by atoms with Gasteiger partial charge in [-0.25, -0.2) is 4.79 Å². The molecule has 1 heterocycles. The number of likely N-dealkylation sites (N-methyl/N-ethyl adjacent to an activating group) is 1. The van der Waals surface area contributed by atoms with Crippen molar-refractivity contribution in [1.29, 1.82) is 0 Å². The summed E-state index contributed by atoms with van der Waals surface area (Å²) < 4.78 is 0. The highest BCUT2D eigenvalue weighted by Crippen LogP contribution is 2.05. The Hall–Kier alpha value is -1.56. The van der Waals surface area contributed by atoms with Crippen LogP contribution in [0.25, 0.3) is 0 Å². The molecular formula is C11H20N4O2. The molecule has 0 bridgehead atoms. The van der Waals surface area contributed by atoms with Gasteiger partial charge in [0.05, 0.1) is 24.4 Å². The zero-order valence-corrected chi connectivity index (χ0v) is 10.5. The minimum atomic E-state index is -0.888. The van der Waals surface area contributed by atoms with Gasteiger partial charge >= 0.3 is 6.03 Å². The molecule has 17 heavy (non-hydrogen) atoms. The summed E-state index contributed by atoms with van der Waals surface area (Å²) in [6, 6.07) is 1.61. The zero-order valence-electron chi connectivity index (χ0n) is 10.5. The second kappa shape index (κ2) is 5.67. The van der Waals surface area contributed by atoms with Crippen molar-refractivity contribution in [2.75, 3.05) is 13.1 Å². The molecule has 0 radical (unpaired) electrons. The molecule has 0 aliphatic carbocycles. The SMILES string of the molecule is CCN(CC(C)(C)O)C(=O)NCc1ccn[nH]1. The van der Waals surface area contributed by atoms with Gasteiger partial charge in [0.25, 0.3) is 0 Å². The van der Waals surface area contributed by atoms with E-state index in [-0.39, 0.29) is 6.03 Å². The van der Waals surface area contributed by atoms with Crippen LogP contribution in [0, 0.1) is 0 Å². The molecule has 1 aromatic heterocycles. The van der Waals surface area contributed by atoms with E-state index in [2.05, 4.69) is 15.5 Å². The summed E-state index contributed by atoms with van der Waals surface area (Å²) in [5.74, 6) is 0. The Morgan fingerprint density at radius 2 is 2.35 bits per heavy atom. The zero-order chi connectivity index (χ0) is 12.9. The number of carbonyl (C=O) groups is 1. The number of aliphatic hydroxyl groups is 1. The average Bonchev–Trinajstić information content (AvgIpc) is 2.74. The Balaban J connectivity index is 2.44. The number of urea groups is 1. The summed E-state index contributed by atoms with van der Waals surface area (Å²) in [6.07, 6.45) is 1.63. The van der Waals surface area contributed by atoms with Crippen molar-refractivity contribution in [3.63, 3.8) is 0 Å². The predicted octanol–water partition coefficient (Wildman–Crippen LogP) is 0.712. The van der Waals surface area contributed by atoms with Crippen LogP contribution in [0.3, 0.4) is 0 Å². The van der Waals surface area contributed by atoms with Crippen LogP contribution in [-0.4, -0.2) is 44.9 Å². The predicted molar refractivity (Wildman–Crippen MR) is 64.4 cm³/mol. The van der Waals surface area contributed by atoms with Crippen molar-refractivity contribution in [2.45, 2.75) is 32.9 Å². The van der Waals surface area contributed by atoms with E-state index in [0.717, 1.165) is 5.69 Å². The molecule has 1 rings (SSSR count). The molecule has 0 atom stereocenters. The molecule has 96 valence electrons. The minimum absolute atomic E-state index is 0.191. The highest BCUT2D eigenvalue weighted by molar-refractivity contribution is 5.74. The average molecular weight is 240 g/mol. The monoisotopic (exact) mass is 240 g/mol. The lowest BCUT2D eigenvalue weighted by atomic mass is 10.1. The normalized spacial score (nSPS) is 11.3. The first-order valence-corrected chi connectivity index (χ1v) is 5.66. The fourth-order valence-electron chi connectivity index (χ4n) is 1.46. The van der Waals surface area contributed by atoms with Crippen LogP contribution in [0.2, 0.25) is 0 Å². The molecule has 3 N–H and O–H groups in total. The molecule has 0 aliphatic heterocycles. The van der Waals surface area contributed by atoms with Crippen LogP contribution >= 0.6 is 0 Å². The van der Waals surface area contributed by atoms with E-state index in [4.69, 9.17) is 0 Å². The maximum Gasteiger partial charge on any atom is 0.317 e. The van der Waals surface area contributed by atoms with Crippen LogP contribution in [0.15, 0.2) is 12.3 Å². The smallest absolute Gasteiger partial charge is 0.317 e. The first-order valence-electron chi connectivity index (χ1n) is 5.66. The summed E-state index contributed by atoms with van der Waals surface area (Å²) in [4.78, 5) is 13.4. The van der Waals surface area contributed by atoms with E-state index < -0.39 is 5.60 Å². The fourth-order valence-corrected chi connectivity index (χ4v) is 1.46. The molecule has 6 nitrogen and oxygen atoms in total. The Morgan fingerprint density at radius 3 is 2.82 bits per heavy atom. The number of hydrogen-bond donors (Lipinski definition) is 3. The number of H-pyrrole nitrogens is 1. The molecule has 0 aliphatic rings. The third-order valence-electron chi connectivity index (χ3n) is 2.24. The Labute approximate surface area is 101 Å². The summed E-state index contributed by atoms with van der Waals surface area (Å²) in [5.41, 5.74) is -0.0425. The van der Waals surface area contributed by atoms with Crippen molar-refractivity contribution >= 4 is 6.03 Å². The number of hydrogen-bond acceptors (Lipinski definition) is 3. The van der Waals surface area contributed by atoms with Gasteiger partial charge in [-0.15, -0.1) is 0 Å². The van der Waals surface area contributed by atoms with Crippen molar-refractivity contribution in [3.05, 3.63) is 18.0 Å². The summed E-state index contributed by atoms with van der Waals surface area (Å²) in [7, 11) is 0. The van der Waals surface area contributed by atoms with Crippen LogP contribution in [0.4, 0.5) is 4.79 Å². The first-order chi connectivity index (χ1) is 7.92. The lowest BCUT2D eigenvalue weighted by Crippen LogP contribution is -2.46. The molecule has 0 fully saturated rings. The summed E-state index contributed by atoms with van der Waals surface area (Å²) >= 11 is 0. The third kappa shape index (κ3) is 4.86. The van der Waals surface area contributed by atoms with Crippen LogP contribution < -0.4 is 5.32 Å². The number of aromatic nitrogens is 2. The lowest BCUT2D eigenvalue weighted by molar-refractivity contribution is 0.0479. The van der Waals surface area contributed by atoms with E-state index in [1.165, 1.54) is 0 Å². The van der Waals surface area contributed by atoms with Crippen molar-refractivity contribution in [1.82, 2.24) is 20.4 Å². The molecule has 1 aromatic rings. The van der Waals surface area contributed by atoms with E-state index >= 15 is 0 Å². The van der Waals surface area contributed by atoms with E-state index in [9.17, 15) is 9.90 Å². The molecule has 0 unspecified atom stereocenters. The van der Waals surface area contributed by atoms with Gasteiger partial charge in [-0.2, -0.15) is 5.10 Å². The topological polar surface area (TPSA) is 81.2 Å². The molecule has 2 amide bonds. The number of amides is 2. The van der Waals surface area contributed by atoms with E-state index in [1.807, 2.05) is 6.92 Å².